The van der Waals surface area contributed by atoms with Crippen LogP contribution in [-0.2, 0) is 4.79 Å². The Kier molecular flexibility index (Phi) is 10.4. The van der Waals surface area contributed by atoms with Gasteiger partial charge in [0, 0.05) is 0 Å². The lowest BCUT2D eigenvalue weighted by molar-refractivity contribution is -0.107. The summed E-state index contributed by atoms with van der Waals surface area (Å²) in [5.74, 6) is 0.889. The van der Waals surface area contributed by atoms with Crippen molar-refractivity contribution in [1.29, 1.82) is 0 Å². The van der Waals surface area contributed by atoms with E-state index in [9.17, 15) is 4.79 Å². The van der Waals surface area contributed by atoms with Crippen molar-refractivity contribution in [3.05, 3.63) is 6.07 Å². The van der Waals surface area contributed by atoms with Crippen molar-refractivity contribution in [1.82, 2.24) is 9.97 Å². The smallest absolute Gasteiger partial charge is 0.220 e. The number of aldehydes is 1. The normalized spacial score (nSPS) is 12.0. The summed E-state index contributed by atoms with van der Waals surface area (Å²) in [6, 6.07) is 1.62. The molecule has 1 unspecified atom stereocenters. The van der Waals surface area contributed by atoms with Gasteiger partial charge in [0.05, 0.1) is 25.5 Å². The van der Waals surface area contributed by atoms with E-state index >= 15 is 0 Å². The number of ether oxygens (including phenoxy) is 2. The van der Waals surface area contributed by atoms with Crippen molar-refractivity contribution in [3.8, 4) is 11.8 Å². The summed E-state index contributed by atoms with van der Waals surface area (Å²) < 4.78 is 10.3. The summed E-state index contributed by atoms with van der Waals surface area (Å²) in [5.41, 5.74) is 0. The average molecular weight is 340 g/mol. The third kappa shape index (κ3) is 8.21. The van der Waals surface area contributed by atoms with Crippen molar-refractivity contribution in [3.63, 3.8) is 0 Å². The van der Waals surface area contributed by atoms with E-state index in [-0.39, 0.29) is 5.25 Å². The maximum atomic E-state index is 11.3. The van der Waals surface area contributed by atoms with Gasteiger partial charge in [0.25, 0.3) is 0 Å². The van der Waals surface area contributed by atoms with Crippen LogP contribution >= 0.6 is 11.8 Å². The second-order valence-corrected chi connectivity index (χ2v) is 6.64. The predicted molar refractivity (Wildman–Crippen MR) is 93.5 cm³/mol. The van der Waals surface area contributed by atoms with Crippen LogP contribution in [0.2, 0.25) is 0 Å². The quantitative estimate of drug-likeness (QED) is 0.231. The fourth-order valence-corrected chi connectivity index (χ4v) is 3.13. The van der Waals surface area contributed by atoms with Gasteiger partial charge >= 0.3 is 0 Å². The number of rotatable bonds is 13. The molecule has 23 heavy (non-hydrogen) atoms. The highest BCUT2D eigenvalue weighted by Gasteiger charge is 2.13. The van der Waals surface area contributed by atoms with Gasteiger partial charge in [-0.15, -0.1) is 0 Å². The molecule has 1 atom stereocenters. The molecule has 6 heteroatoms. The van der Waals surface area contributed by atoms with E-state index in [1.54, 1.807) is 20.3 Å². The van der Waals surface area contributed by atoms with E-state index in [1.807, 2.05) is 0 Å². The number of hydrogen-bond donors (Lipinski definition) is 0. The van der Waals surface area contributed by atoms with Crippen molar-refractivity contribution in [2.75, 3.05) is 14.2 Å². The zero-order valence-corrected chi connectivity index (χ0v) is 15.2. The van der Waals surface area contributed by atoms with Crippen LogP contribution < -0.4 is 9.47 Å². The van der Waals surface area contributed by atoms with Crippen molar-refractivity contribution in [2.24, 2.45) is 0 Å². The van der Waals surface area contributed by atoms with Gasteiger partial charge in [-0.05, 0) is 6.42 Å². The topological polar surface area (TPSA) is 61.3 Å². The number of unbranched alkanes of at least 4 members (excludes halogenated alkanes) is 6. The summed E-state index contributed by atoms with van der Waals surface area (Å²) in [4.78, 5) is 19.8. The van der Waals surface area contributed by atoms with Crippen LogP contribution in [0.15, 0.2) is 11.2 Å². The maximum absolute atomic E-state index is 11.3. The molecule has 0 saturated carbocycles. The molecule has 0 saturated heterocycles. The highest BCUT2D eigenvalue weighted by atomic mass is 32.2. The molecule has 0 radical (unpaired) electrons. The Labute approximate surface area is 143 Å². The molecular weight excluding hydrogens is 312 g/mol. The van der Waals surface area contributed by atoms with Crippen molar-refractivity contribution in [2.45, 2.75) is 68.7 Å². The van der Waals surface area contributed by atoms with E-state index < -0.39 is 0 Å². The van der Waals surface area contributed by atoms with E-state index in [2.05, 4.69) is 16.9 Å². The van der Waals surface area contributed by atoms with Gasteiger partial charge in [0.1, 0.15) is 6.29 Å². The predicted octanol–water partition coefficient (Wildman–Crippen LogP) is 4.29. The maximum Gasteiger partial charge on any atom is 0.220 e. The standard InChI is InChI=1S/C17H28N2O3S/c1-4-5-6-7-8-9-10-11-14(13-20)23-17-18-15(21-2)12-16(19-17)22-3/h12-14H,4-11H2,1-3H3. The van der Waals surface area contributed by atoms with Crippen LogP contribution in [0.5, 0.6) is 11.8 Å². The van der Waals surface area contributed by atoms with Gasteiger partial charge in [-0.3, -0.25) is 0 Å². The van der Waals surface area contributed by atoms with Crippen LogP contribution in [0.25, 0.3) is 0 Å². The molecule has 1 aromatic rings. The first-order valence-electron chi connectivity index (χ1n) is 8.32. The summed E-state index contributed by atoms with van der Waals surface area (Å²) >= 11 is 1.37. The van der Waals surface area contributed by atoms with Gasteiger partial charge in [0.2, 0.25) is 11.8 Å². The lowest BCUT2D eigenvalue weighted by Gasteiger charge is -2.10. The minimum absolute atomic E-state index is 0.123. The molecule has 0 fully saturated rings. The lowest BCUT2D eigenvalue weighted by Crippen LogP contribution is -2.06. The van der Waals surface area contributed by atoms with Gasteiger partial charge < -0.3 is 14.3 Å². The molecule has 1 rings (SSSR count). The van der Waals surface area contributed by atoms with Crippen molar-refractivity contribution >= 4 is 18.0 Å². The molecule has 0 aliphatic rings. The number of nitrogens with zero attached hydrogens (tertiary/aromatic N) is 2. The van der Waals surface area contributed by atoms with Crippen LogP contribution in [0.1, 0.15) is 58.3 Å². The zero-order chi connectivity index (χ0) is 16.9. The Morgan fingerprint density at radius 1 is 1.04 bits per heavy atom. The third-order valence-corrected chi connectivity index (χ3v) is 4.62. The minimum Gasteiger partial charge on any atom is -0.481 e. The number of thioether (sulfide) groups is 1. The first-order chi connectivity index (χ1) is 11.2. The molecule has 1 aromatic heterocycles. The minimum atomic E-state index is -0.123. The zero-order valence-electron chi connectivity index (χ0n) is 14.4. The molecule has 130 valence electrons. The number of hydrogen-bond acceptors (Lipinski definition) is 6. The Morgan fingerprint density at radius 2 is 1.61 bits per heavy atom. The molecule has 0 aliphatic carbocycles. The molecule has 0 aliphatic heterocycles. The van der Waals surface area contributed by atoms with Gasteiger partial charge in [-0.25, -0.2) is 0 Å². The fourth-order valence-electron chi connectivity index (χ4n) is 2.24. The highest BCUT2D eigenvalue weighted by molar-refractivity contribution is 8.00. The largest absolute Gasteiger partial charge is 0.481 e. The molecule has 5 nitrogen and oxygen atoms in total. The Bertz CT molecular complexity index is 435. The number of carbonyl (C=O) groups is 1. The number of methoxy groups -OCH3 is 2. The van der Waals surface area contributed by atoms with E-state index in [4.69, 9.17) is 9.47 Å². The molecule has 0 aromatic carbocycles. The third-order valence-electron chi connectivity index (χ3n) is 3.58. The summed E-state index contributed by atoms with van der Waals surface area (Å²) in [5, 5.41) is 0.392. The molecular formula is C17H28N2O3S. The van der Waals surface area contributed by atoms with Gasteiger partial charge in [0.15, 0.2) is 5.16 Å². The summed E-state index contributed by atoms with van der Waals surface area (Å²) in [7, 11) is 3.10. The lowest BCUT2D eigenvalue weighted by atomic mass is 10.1. The van der Waals surface area contributed by atoms with E-state index in [1.165, 1.54) is 50.3 Å². The van der Waals surface area contributed by atoms with Crippen LogP contribution in [-0.4, -0.2) is 35.7 Å². The average Bonchev–Trinajstić information content (AvgIpc) is 2.59. The molecule has 0 spiro atoms. The Hall–Kier alpha value is -1.30. The Morgan fingerprint density at radius 3 is 2.13 bits per heavy atom. The number of aromatic nitrogens is 2. The summed E-state index contributed by atoms with van der Waals surface area (Å²) in [6.07, 6.45) is 10.5. The number of carbonyl (C=O) groups excluding carboxylic acids is 1. The monoisotopic (exact) mass is 340 g/mol. The van der Waals surface area contributed by atoms with Crippen molar-refractivity contribution < 1.29 is 14.3 Å². The SMILES string of the molecule is CCCCCCCCCC(C=O)Sc1nc(OC)cc(OC)n1. The first-order valence-corrected chi connectivity index (χ1v) is 9.20. The van der Waals surface area contributed by atoms with Crippen LogP contribution in [0.3, 0.4) is 0 Å². The second kappa shape index (κ2) is 12.2. The van der Waals surface area contributed by atoms with Crippen LogP contribution in [0, 0.1) is 0 Å². The molecule has 1 heterocycles. The Balaban J connectivity index is 2.39. The highest BCUT2D eigenvalue weighted by Crippen LogP contribution is 2.27. The van der Waals surface area contributed by atoms with E-state index in [0.717, 1.165) is 19.1 Å². The van der Waals surface area contributed by atoms with Gasteiger partial charge in [-0.1, -0.05) is 63.6 Å². The second-order valence-electron chi connectivity index (χ2n) is 5.44. The van der Waals surface area contributed by atoms with Crippen LogP contribution in [0.4, 0.5) is 0 Å². The molecule has 0 amide bonds. The van der Waals surface area contributed by atoms with E-state index in [0.29, 0.717) is 16.9 Å². The fraction of sp³-hybridized carbons (Fsp3) is 0.706. The first kappa shape index (κ1) is 19.7. The molecule has 0 bridgehead atoms. The summed E-state index contributed by atoms with van der Waals surface area (Å²) in [6.45, 7) is 2.22. The molecule has 0 N–H and O–H groups in total. The van der Waals surface area contributed by atoms with Gasteiger partial charge in [-0.2, -0.15) is 9.97 Å².